The van der Waals surface area contributed by atoms with E-state index in [2.05, 4.69) is 15.9 Å². The standard InChI is InChI=1S/C17H16BrNO2/c1-11-7-15(18)9-19(17(11)21)10-16(20)14-6-5-12-3-2-4-13(12)8-14/h5-9H,2-4,10H2,1H3. The van der Waals surface area contributed by atoms with Crippen LogP contribution in [0.15, 0.2) is 39.7 Å². The van der Waals surface area contributed by atoms with Gasteiger partial charge < -0.3 is 4.57 Å². The molecule has 0 saturated heterocycles. The Morgan fingerprint density at radius 1 is 1.24 bits per heavy atom. The summed E-state index contributed by atoms with van der Waals surface area (Å²) in [5.41, 5.74) is 3.83. The molecule has 0 saturated carbocycles. The monoisotopic (exact) mass is 345 g/mol. The summed E-state index contributed by atoms with van der Waals surface area (Å²) in [5, 5.41) is 0. The van der Waals surface area contributed by atoms with E-state index >= 15 is 0 Å². The van der Waals surface area contributed by atoms with Gasteiger partial charge in [0, 0.05) is 21.8 Å². The summed E-state index contributed by atoms with van der Waals surface area (Å²) < 4.78 is 2.27. The van der Waals surface area contributed by atoms with E-state index in [1.165, 1.54) is 15.7 Å². The number of Topliss-reactive ketones (excluding diaryl/α,β-unsaturated/α-hetero) is 1. The molecule has 0 amide bonds. The molecule has 0 atom stereocenters. The van der Waals surface area contributed by atoms with Gasteiger partial charge in [-0.25, -0.2) is 0 Å². The molecule has 1 aliphatic carbocycles. The Hall–Kier alpha value is -1.68. The number of carbonyl (C=O) groups excluding carboxylic acids is 1. The van der Waals surface area contributed by atoms with Gasteiger partial charge >= 0.3 is 0 Å². The maximum atomic E-state index is 12.4. The average molecular weight is 346 g/mol. The minimum atomic E-state index is -0.118. The number of hydrogen-bond donors (Lipinski definition) is 0. The predicted molar refractivity (Wildman–Crippen MR) is 85.9 cm³/mol. The molecule has 1 aromatic carbocycles. The van der Waals surface area contributed by atoms with Gasteiger partial charge in [0.1, 0.15) is 0 Å². The summed E-state index contributed by atoms with van der Waals surface area (Å²) in [6.45, 7) is 1.83. The molecule has 1 heterocycles. The van der Waals surface area contributed by atoms with Crippen LogP contribution in [0, 0.1) is 6.92 Å². The van der Waals surface area contributed by atoms with Gasteiger partial charge in [0.05, 0.1) is 6.54 Å². The second kappa shape index (κ2) is 5.60. The zero-order valence-corrected chi connectivity index (χ0v) is 13.4. The largest absolute Gasteiger partial charge is 0.306 e. The third kappa shape index (κ3) is 2.86. The summed E-state index contributed by atoms with van der Waals surface area (Å²) in [6.07, 6.45) is 4.98. The van der Waals surface area contributed by atoms with E-state index in [0.29, 0.717) is 11.1 Å². The second-order valence-electron chi connectivity index (χ2n) is 5.53. The average Bonchev–Trinajstić information content (AvgIpc) is 2.91. The van der Waals surface area contributed by atoms with Crippen LogP contribution >= 0.6 is 15.9 Å². The molecule has 108 valence electrons. The highest BCUT2D eigenvalue weighted by Gasteiger charge is 2.15. The molecule has 0 N–H and O–H groups in total. The second-order valence-corrected chi connectivity index (χ2v) is 6.45. The maximum absolute atomic E-state index is 12.4. The Morgan fingerprint density at radius 3 is 2.81 bits per heavy atom. The number of aromatic nitrogens is 1. The maximum Gasteiger partial charge on any atom is 0.253 e. The first-order valence-electron chi connectivity index (χ1n) is 7.06. The summed E-state index contributed by atoms with van der Waals surface area (Å²) in [6, 6.07) is 7.67. The molecule has 0 aliphatic heterocycles. The van der Waals surface area contributed by atoms with Gasteiger partial charge in [0.15, 0.2) is 5.78 Å². The first-order chi connectivity index (χ1) is 10.0. The number of rotatable bonds is 3. The van der Waals surface area contributed by atoms with Gasteiger partial charge in [0.25, 0.3) is 5.56 Å². The van der Waals surface area contributed by atoms with Crippen molar-refractivity contribution in [2.75, 3.05) is 0 Å². The quantitative estimate of drug-likeness (QED) is 0.800. The number of nitrogens with zero attached hydrogens (tertiary/aromatic N) is 1. The molecule has 3 rings (SSSR count). The molecule has 2 aromatic rings. The molecule has 1 aromatic heterocycles. The summed E-state index contributed by atoms with van der Waals surface area (Å²) in [7, 11) is 0. The molecular weight excluding hydrogens is 330 g/mol. The van der Waals surface area contributed by atoms with Crippen LogP contribution in [0.5, 0.6) is 0 Å². The SMILES string of the molecule is Cc1cc(Br)cn(CC(=O)c2ccc3c(c2)CCC3)c1=O. The van der Waals surface area contributed by atoms with Crippen molar-refractivity contribution in [1.82, 2.24) is 4.57 Å². The molecular formula is C17H16BrNO2. The fourth-order valence-corrected chi connectivity index (χ4v) is 3.44. The van der Waals surface area contributed by atoms with Crippen molar-refractivity contribution in [3.63, 3.8) is 0 Å². The van der Waals surface area contributed by atoms with Crippen molar-refractivity contribution < 1.29 is 4.79 Å². The molecule has 4 heteroatoms. The molecule has 3 nitrogen and oxygen atoms in total. The van der Waals surface area contributed by atoms with E-state index in [-0.39, 0.29) is 17.9 Å². The lowest BCUT2D eigenvalue weighted by atomic mass is 10.0. The minimum Gasteiger partial charge on any atom is -0.306 e. The lowest BCUT2D eigenvalue weighted by Gasteiger charge is -2.08. The van der Waals surface area contributed by atoms with Gasteiger partial charge in [0.2, 0.25) is 0 Å². The van der Waals surface area contributed by atoms with E-state index in [1.54, 1.807) is 19.2 Å². The molecule has 0 unspecified atom stereocenters. The zero-order valence-electron chi connectivity index (χ0n) is 11.9. The minimum absolute atomic E-state index is 0.0238. The number of aryl methyl sites for hydroxylation is 3. The lowest BCUT2D eigenvalue weighted by Crippen LogP contribution is -2.25. The third-order valence-electron chi connectivity index (χ3n) is 3.97. The smallest absolute Gasteiger partial charge is 0.253 e. The number of benzene rings is 1. The Labute approximate surface area is 131 Å². The molecule has 21 heavy (non-hydrogen) atoms. The van der Waals surface area contributed by atoms with Crippen LogP contribution in [-0.2, 0) is 19.4 Å². The van der Waals surface area contributed by atoms with E-state index in [9.17, 15) is 9.59 Å². The third-order valence-corrected chi connectivity index (χ3v) is 4.40. The van der Waals surface area contributed by atoms with Crippen LogP contribution in [-0.4, -0.2) is 10.4 Å². The van der Waals surface area contributed by atoms with Crippen molar-refractivity contribution in [2.45, 2.75) is 32.7 Å². The van der Waals surface area contributed by atoms with Crippen molar-refractivity contribution in [3.8, 4) is 0 Å². The van der Waals surface area contributed by atoms with Gasteiger partial charge in [-0.15, -0.1) is 0 Å². The Kier molecular flexibility index (Phi) is 3.81. The summed E-state index contributed by atoms with van der Waals surface area (Å²) >= 11 is 3.36. The fourth-order valence-electron chi connectivity index (χ4n) is 2.85. The molecule has 0 spiro atoms. The van der Waals surface area contributed by atoms with E-state index in [1.807, 2.05) is 18.2 Å². The fraction of sp³-hybridized carbons (Fsp3) is 0.294. The number of ketones is 1. The highest BCUT2D eigenvalue weighted by molar-refractivity contribution is 9.10. The topological polar surface area (TPSA) is 39.1 Å². The van der Waals surface area contributed by atoms with Gasteiger partial charge in [-0.05, 0) is 65.4 Å². The zero-order chi connectivity index (χ0) is 15.0. The summed E-state index contributed by atoms with van der Waals surface area (Å²) in [5.74, 6) is -0.0238. The normalized spacial score (nSPS) is 13.2. The van der Waals surface area contributed by atoms with Crippen LogP contribution in [0.2, 0.25) is 0 Å². The van der Waals surface area contributed by atoms with Crippen molar-refractivity contribution >= 4 is 21.7 Å². The Balaban J connectivity index is 1.89. The van der Waals surface area contributed by atoms with Crippen molar-refractivity contribution in [2.24, 2.45) is 0 Å². The molecule has 0 fully saturated rings. The van der Waals surface area contributed by atoms with Gasteiger partial charge in [-0.3, -0.25) is 9.59 Å². The van der Waals surface area contributed by atoms with Gasteiger partial charge in [-0.2, -0.15) is 0 Å². The highest BCUT2D eigenvalue weighted by atomic mass is 79.9. The number of hydrogen-bond acceptors (Lipinski definition) is 2. The van der Waals surface area contributed by atoms with Gasteiger partial charge in [-0.1, -0.05) is 12.1 Å². The van der Waals surface area contributed by atoms with Crippen molar-refractivity contribution in [1.29, 1.82) is 0 Å². The van der Waals surface area contributed by atoms with E-state index in [0.717, 1.165) is 23.7 Å². The first-order valence-corrected chi connectivity index (χ1v) is 7.85. The summed E-state index contributed by atoms with van der Waals surface area (Å²) in [4.78, 5) is 24.5. The Morgan fingerprint density at radius 2 is 2.00 bits per heavy atom. The molecule has 0 bridgehead atoms. The van der Waals surface area contributed by atoms with Crippen LogP contribution in [0.1, 0.15) is 33.5 Å². The van der Waals surface area contributed by atoms with Crippen LogP contribution in [0.4, 0.5) is 0 Å². The van der Waals surface area contributed by atoms with Crippen molar-refractivity contribution in [3.05, 3.63) is 67.5 Å². The number of pyridine rings is 1. The number of carbonyl (C=O) groups is 1. The van der Waals surface area contributed by atoms with Crippen LogP contribution in [0.3, 0.4) is 0 Å². The Bertz CT molecular complexity index is 777. The lowest BCUT2D eigenvalue weighted by molar-refractivity contribution is 0.0970. The molecule has 0 radical (unpaired) electrons. The van der Waals surface area contributed by atoms with E-state index < -0.39 is 0 Å². The predicted octanol–water partition coefficient (Wildman–Crippen LogP) is 3.29. The van der Waals surface area contributed by atoms with Crippen LogP contribution < -0.4 is 5.56 Å². The number of fused-ring (bicyclic) bond motifs is 1. The highest BCUT2D eigenvalue weighted by Crippen LogP contribution is 2.23. The number of halogens is 1. The van der Waals surface area contributed by atoms with E-state index in [4.69, 9.17) is 0 Å². The van der Waals surface area contributed by atoms with Crippen LogP contribution in [0.25, 0.3) is 0 Å². The first kappa shape index (κ1) is 14.3. The molecule has 1 aliphatic rings.